The summed E-state index contributed by atoms with van der Waals surface area (Å²) < 4.78 is 2.09. The number of aromatic nitrogens is 4. The van der Waals surface area contributed by atoms with Crippen LogP contribution in [0.15, 0.2) is 6.07 Å². The fourth-order valence-electron chi connectivity index (χ4n) is 2.78. The van der Waals surface area contributed by atoms with Gasteiger partial charge in [0.25, 0.3) is 0 Å². The van der Waals surface area contributed by atoms with Gasteiger partial charge in [-0.25, -0.2) is 4.98 Å². The summed E-state index contributed by atoms with van der Waals surface area (Å²) in [5.74, 6) is 2.76. The summed E-state index contributed by atoms with van der Waals surface area (Å²) in [6.07, 6.45) is 3.47. The Bertz CT molecular complexity index is 554. The smallest absolute Gasteiger partial charge is 0.164 e. The van der Waals surface area contributed by atoms with E-state index in [1.807, 2.05) is 19.9 Å². The van der Waals surface area contributed by atoms with E-state index in [0.29, 0.717) is 0 Å². The molecule has 0 unspecified atom stereocenters. The van der Waals surface area contributed by atoms with Gasteiger partial charge in [0.05, 0.1) is 0 Å². The minimum absolute atomic E-state index is 0.722. The topological polar surface area (TPSA) is 55.1 Å². The number of aryl methyl sites for hydroxylation is 2. The maximum Gasteiger partial charge on any atom is 0.164 e. The predicted octanol–water partition coefficient (Wildman–Crippen LogP) is 1.28. The van der Waals surface area contributed by atoms with Gasteiger partial charge in [-0.15, -0.1) is 10.2 Å². The van der Waals surface area contributed by atoms with Gasteiger partial charge in [-0.1, -0.05) is 0 Å². The predicted molar refractivity (Wildman–Crippen MR) is 69.6 cm³/mol. The van der Waals surface area contributed by atoms with Gasteiger partial charge in [0.15, 0.2) is 5.65 Å². The Balaban J connectivity index is 1.92. The van der Waals surface area contributed by atoms with E-state index >= 15 is 0 Å². The SMILES string of the molecule is Cc1cc2nnc(CC3CCNCC3)n2c(C)n1. The Morgan fingerprint density at radius 3 is 2.83 bits per heavy atom. The third-order valence-corrected chi connectivity index (χ3v) is 3.68. The minimum atomic E-state index is 0.722. The van der Waals surface area contributed by atoms with Crippen LogP contribution in [-0.4, -0.2) is 32.7 Å². The van der Waals surface area contributed by atoms with Crippen LogP contribution in [0.2, 0.25) is 0 Å². The average Bonchev–Trinajstić information content (AvgIpc) is 2.73. The van der Waals surface area contributed by atoms with E-state index in [1.165, 1.54) is 12.8 Å². The maximum atomic E-state index is 4.50. The third kappa shape index (κ3) is 2.10. The van der Waals surface area contributed by atoms with Gasteiger partial charge in [0, 0.05) is 18.2 Å². The molecule has 2 aromatic heterocycles. The lowest BCUT2D eigenvalue weighted by Crippen LogP contribution is -2.29. The van der Waals surface area contributed by atoms with Crippen LogP contribution < -0.4 is 5.32 Å². The molecule has 5 nitrogen and oxygen atoms in total. The quantitative estimate of drug-likeness (QED) is 0.866. The first kappa shape index (κ1) is 11.6. The lowest BCUT2D eigenvalue weighted by Gasteiger charge is -2.21. The fourth-order valence-corrected chi connectivity index (χ4v) is 2.78. The van der Waals surface area contributed by atoms with Crippen LogP contribution in [0, 0.1) is 19.8 Å². The highest BCUT2D eigenvalue weighted by molar-refractivity contribution is 5.39. The van der Waals surface area contributed by atoms with Gasteiger partial charge in [-0.05, 0) is 45.7 Å². The molecule has 1 fully saturated rings. The van der Waals surface area contributed by atoms with Crippen LogP contribution in [0.5, 0.6) is 0 Å². The van der Waals surface area contributed by atoms with Crippen LogP contribution in [0.4, 0.5) is 0 Å². The van der Waals surface area contributed by atoms with E-state index in [9.17, 15) is 0 Å². The van der Waals surface area contributed by atoms with Crippen molar-refractivity contribution in [2.24, 2.45) is 5.92 Å². The van der Waals surface area contributed by atoms with Crippen LogP contribution in [0.25, 0.3) is 5.65 Å². The number of fused-ring (bicyclic) bond motifs is 1. The fraction of sp³-hybridized carbons (Fsp3) is 0.615. The Morgan fingerprint density at radius 2 is 2.06 bits per heavy atom. The van der Waals surface area contributed by atoms with Crippen molar-refractivity contribution in [2.75, 3.05) is 13.1 Å². The second-order valence-corrected chi connectivity index (χ2v) is 5.15. The highest BCUT2D eigenvalue weighted by Gasteiger charge is 2.17. The van der Waals surface area contributed by atoms with Crippen molar-refractivity contribution < 1.29 is 0 Å². The number of rotatable bonds is 2. The molecule has 0 amide bonds. The highest BCUT2D eigenvalue weighted by Crippen LogP contribution is 2.18. The molecule has 1 N–H and O–H groups in total. The van der Waals surface area contributed by atoms with Gasteiger partial charge >= 0.3 is 0 Å². The highest BCUT2D eigenvalue weighted by atomic mass is 15.3. The largest absolute Gasteiger partial charge is 0.317 e. The Labute approximate surface area is 107 Å². The van der Waals surface area contributed by atoms with Crippen LogP contribution >= 0.6 is 0 Å². The molecule has 0 spiro atoms. The van der Waals surface area contributed by atoms with E-state index in [4.69, 9.17) is 0 Å². The Hall–Kier alpha value is -1.49. The zero-order chi connectivity index (χ0) is 12.5. The Kier molecular flexibility index (Phi) is 2.99. The van der Waals surface area contributed by atoms with Gasteiger partial charge in [-0.3, -0.25) is 4.40 Å². The van der Waals surface area contributed by atoms with Crippen molar-refractivity contribution in [1.29, 1.82) is 0 Å². The monoisotopic (exact) mass is 245 g/mol. The summed E-state index contributed by atoms with van der Waals surface area (Å²) in [6.45, 7) is 6.26. The molecule has 0 aromatic carbocycles. The molecule has 96 valence electrons. The number of nitrogens with zero attached hydrogens (tertiary/aromatic N) is 4. The minimum Gasteiger partial charge on any atom is -0.317 e. The first-order valence-electron chi connectivity index (χ1n) is 6.63. The van der Waals surface area contributed by atoms with E-state index in [-0.39, 0.29) is 0 Å². The lowest BCUT2D eigenvalue weighted by atomic mass is 9.94. The summed E-state index contributed by atoms with van der Waals surface area (Å²) in [5, 5.41) is 12.0. The average molecular weight is 245 g/mol. The molecule has 2 aromatic rings. The lowest BCUT2D eigenvalue weighted by molar-refractivity contribution is 0.366. The molecule has 0 atom stereocenters. The summed E-state index contributed by atoms with van der Waals surface area (Å²) in [7, 11) is 0. The van der Waals surface area contributed by atoms with Crippen molar-refractivity contribution >= 4 is 5.65 Å². The standard InChI is InChI=1S/C13H19N5/c1-9-7-12-16-17-13(18(12)10(2)15-9)8-11-3-5-14-6-4-11/h7,11,14H,3-6,8H2,1-2H3. The van der Waals surface area contributed by atoms with Gasteiger partial charge < -0.3 is 5.32 Å². The van der Waals surface area contributed by atoms with Crippen molar-refractivity contribution in [3.05, 3.63) is 23.4 Å². The molecule has 0 bridgehead atoms. The molecule has 0 radical (unpaired) electrons. The summed E-state index contributed by atoms with van der Waals surface area (Å²) in [6, 6.07) is 1.99. The molecule has 5 heteroatoms. The second kappa shape index (κ2) is 4.65. The number of piperidine rings is 1. The van der Waals surface area contributed by atoms with Crippen LogP contribution in [0.3, 0.4) is 0 Å². The number of hydrogen-bond donors (Lipinski definition) is 1. The van der Waals surface area contributed by atoms with Crippen molar-refractivity contribution in [3.8, 4) is 0 Å². The van der Waals surface area contributed by atoms with Gasteiger partial charge in [0.1, 0.15) is 11.6 Å². The first-order chi connectivity index (χ1) is 8.74. The molecule has 3 heterocycles. The maximum absolute atomic E-state index is 4.50. The van der Waals surface area contributed by atoms with Crippen molar-refractivity contribution in [3.63, 3.8) is 0 Å². The molecular weight excluding hydrogens is 226 g/mol. The first-order valence-corrected chi connectivity index (χ1v) is 6.63. The number of nitrogens with one attached hydrogen (secondary N) is 1. The normalized spacial score (nSPS) is 17.4. The molecule has 0 aliphatic carbocycles. The summed E-state index contributed by atoms with van der Waals surface area (Å²) in [5.41, 5.74) is 1.92. The summed E-state index contributed by atoms with van der Waals surface area (Å²) in [4.78, 5) is 4.50. The molecule has 3 rings (SSSR count). The van der Waals surface area contributed by atoms with E-state index in [1.54, 1.807) is 0 Å². The molecular formula is C13H19N5. The molecule has 1 aliphatic rings. The number of hydrogen-bond acceptors (Lipinski definition) is 4. The van der Waals surface area contributed by atoms with E-state index in [2.05, 4.69) is 24.9 Å². The molecule has 1 saturated heterocycles. The second-order valence-electron chi connectivity index (χ2n) is 5.15. The van der Waals surface area contributed by atoms with Crippen molar-refractivity contribution in [1.82, 2.24) is 24.9 Å². The van der Waals surface area contributed by atoms with E-state index in [0.717, 1.165) is 48.4 Å². The Morgan fingerprint density at radius 1 is 1.28 bits per heavy atom. The third-order valence-electron chi connectivity index (χ3n) is 3.68. The molecule has 0 saturated carbocycles. The zero-order valence-electron chi connectivity index (χ0n) is 11.0. The van der Waals surface area contributed by atoms with E-state index < -0.39 is 0 Å². The summed E-state index contributed by atoms with van der Waals surface area (Å²) >= 11 is 0. The van der Waals surface area contributed by atoms with Crippen LogP contribution in [0.1, 0.15) is 30.2 Å². The van der Waals surface area contributed by atoms with Gasteiger partial charge in [0.2, 0.25) is 0 Å². The van der Waals surface area contributed by atoms with Gasteiger partial charge in [-0.2, -0.15) is 0 Å². The van der Waals surface area contributed by atoms with Crippen LogP contribution in [-0.2, 0) is 6.42 Å². The molecule has 18 heavy (non-hydrogen) atoms. The van der Waals surface area contributed by atoms with Crippen molar-refractivity contribution in [2.45, 2.75) is 33.1 Å². The molecule has 1 aliphatic heterocycles. The zero-order valence-corrected chi connectivity index (χ0v) is 11.0.